The van der Waals surface area contributed by atoms with E-state index in [1.54, 1.807) is 25.3 Å². The zero-order chi connectivity index (χ0) is 26.6. The second kappa shape index (κ2) is 15.0. The number of halogens is 2. The molecule has 8 heteroatoms. The van der Waals surface area contributed by atoms with Gasteiger partial charge < -0.3 is 14.5 Å². The maximum absolute atomic E-state index is 13.0. The highest BCUT2D eigenvalue weighted by molar-refractivity contribution is 6.42. The molecule has 6 nitrogen and oxygen atoms in total. The number of benzene rings is 2. The van der Waals surface area contributed by atoms with Crippen molar-refractivity contribution in [3.05, 3.63) is 69.7 Å². The van der Waals surface area contributed by atoms with Gasteiger partial charge in [-0.2, -0.15) is 0 Å². The van der Waals surface area contributed by atoms with Crippen molar-refractivity contribution in [1.29, 1.82) is 0 Å². The number of ether oxygens (including phenoxy) is 1. The van der Waals surface area contributed by atoms with Crippen LogP contribution in [0.15, 0.2) is 48.5 Å². The Labute approximate surface area is 230 Å². The smallest absolute Gasteiger partial charge is 0.253 e. The standard InChI is InChI=1S/C29H37Cl2N3O3/c1-3-4-5-12-28(35)33(15-8-10-23-9-6-7-11-27(23)37-2)19-16-32-17-20-34(21-18-32)29(36)24-13-14-25(30)26(31)22-24/h6-11,13-14,22H,3-5,12,15-21H2,1-2H3. The Bertz CT molecular complexity index is 1070. The molecule has 2 amide bonds. The molecule has 1 aliphatic rings. The first-order valence-electron chi connectivity index (χ1n) is 13.0. The summed E-state index contributed by atoms with van der Waals surface area (Å²) < 4.78 is 5.43. The fraction of sp³-hybridized carbons (Fsp3) is 0.448. The summed E-state index contributed by atoms with van der Waals surface area (Å²) in [6.07, 6.45) is 7.68. The van der Waals surface area contributed by atoms with Crippen molar-refractivity contribution < 1.29 is 14.3 Å². The molecule has 2 aromatic rings. The van der Waals surface area contributed by atoms with Gasteiger partial charge in [-0.1, -0.05) is 73.3 Å². The van der Waals surface area contributed by atoms with E-state index in [4.69, 9.17) is 27.9 Å². The van der Waals surface area contributed by atoms with Gasteiger partial charge in [-0.3, -0.25) is 14.5 Å². The number of carbonyl (C=O) groups is 2. The van der Waals surface area contributed by atoms with Crippen molar-refractivity contribution in [3.63, 3.8) is 0 Å². The van der Waals surface area contributed by atoms with E-state index < -0.39 is 0 Å². The van der Waals surface area contributed by atoms with E-state index >= 15 is 0 Å². The van der Waals surface area contributed by atoms with E-state index in [1.807, 2.05) is 46.2 Å². The maximum atomic E-state index is 13.0. The highest BCUT2D eigenvalue weighted by Gasteiger charge is 2.23. The van der Waals surface area contributed by atoms with Gasteiger partial charge in [0, 0.05) is 63.4 Å². The summed E-state index contributed by atoms with van der Waals surface area (Å²) in [4.78, 5) is 31.9. The van der Waals surface area contributed by atoms with Crippen LogP contribution in [0.25, 0.3) is 6.08 Å². The van der Waals surface area contributed by atoms with Crippen LogP contribution in [0.2, 0.25) is 10.0 Å². The number of rotatable bonds is 12. The van der Waals surface area contributed by atoms with Crippen LogP contribution < -0.4 is 4.74 Å². The maximum Gasteiger partial charge on any atom is 0.253 e. The van der Waals surface area contributed by atoms with Crippen molar-refractivity contribution in [2.75, 3.05) is 52.9 Å². The van der Waals surface area contributed by atoms with Gasteiger partial charge in [0.25, 0.3) is 5.91 Å². The highest BCUT2D eigenvalue weighted by Crippen LogP contribution is 2.23. The van der Waals surface area contributed by atoms with Gasteiger partial charge in [0.1, 0.15) is 5.75 Å². The quantitative estimate of drug-likeness (QED) is 0.312. The van der Waals surface area contributed by atoms with Crippen molar-refractivity contribution in [1.82, 2.24) is 14.7 Å². The largest absolute Gasteiger partial charge is 0.496 e. The lowest BCUT2D eigenvalue weighted by Crippen LogP contribution is -2.50. The molecule has 0 N–H and O–H groups in total. The zero-order valence-electron chi connectivity index (χ0n) is 21.8. The van der Waals surface area contributed by atoms with Crippen LogP contribution in [0.1, 0.15) is 48.5 Å². The minimum absolute atomic E-state index is 0.0348. The number of unbranched alkanes of at least 4 members (excludes halogenated alkanes) is 2. The number of piperazine rings is 1. The molecule has 0 saturated carbocycles. The van der Waals surface area contributed by atoms with Gasteiger partial charge in [-0.25, -0.2) is 0 Å². The molecule has 1 fully saturated rings. The van der Waals surface area contributed by atoms with Crippen molar-refractivity contribution >= 4 is 41.1 Å². The van der Waals surface area contributed by atoms with Gasteiger partial charge in [-0.05, 0) is 30.7 Å². The van der Waals surface area contributed by atoms with Crippen LogP contribution in [0.4, 0.5) is 0 Å². The number of nitrogens with zero attached hydrogens (tertiary/aromatic N) is 3. The van der Waals surface area contributed by atoms with Crippen molar-refractivity contribution in [2.45, 2.75) is 32.6 Å². The van der Waals surface area contributed by atoms with E-state index in [1.165, 1.54) is 0 Å². The molecule has 0 atom stereocenters. The van der Waals surface area contributed by atoms with E-state index in [9.17, 15) is 9.59 Å². The molecule has 0 spiro atoms. The summed E-state index contributed by atoms with van der Waals surface area (Å²) in [6, 6.07) is 12.8. The molecule has 200 valence electrons. The normalized spacial score (nSPS) is 14.2. The molecule has 0 radical (unpaired) electrons. The van der Waals surface area contributed by atoms with Crippen LogP contribution in [0.5, 0.6) is 5.75 Å². The third-order valence-electron chi connectivity index (χ3n) is 6.62. The van der Waals surface area contributed by atoms with Crippen LogP contribution in [0.3, 0.4) is 0 Å². The fourth-order valence-corrected chi connectivity index (χ4v) is 4.66. The molecule has 0 unspecified atom stereocenters. The second-order valence-electron chi connectivity index (χ2n) is 9.20. The number of carbonyl (C=O) groups excluding carboxylic acids is 2. The summed E-state index contributed by atoms with van der Waals surface area (Å²) in [5.74, 6) is 0.965. The molecule has 1 saturated heterocycles. The first kappa shape index (κ1) is 29.0. The Balaban J connectivity index is 1.54. The third-order valence-corrected chi connectivity index (χ3v) is 7.36. The molecule has 0 aliphatic carbocycles. The van der Waals surface area contributed by atoms with E-state index in [0.29, 0.717) is 48.2 Å². The molecule has 3 rings (SSSR count). The van der Waals surface area contributed by atoms with Crippen molar-refractivity contribution in [3.8, 4) is 5.75 Å². The van der Waals surface area contributed by atoms with Gasteiger partial charge >= 0.3 is 0 Å². The summed E-state index contributed by atoms with van der Waals surface area (Å²) in [5.41, 5.74) is 1.54. The third kappa shape index (κ3) is 8.77. The number of para-hydroxylation sites is 1. The average molecular weight is 547 g/mol. The fourth-order valence-electron chi connectivity index (χ4n) is 4.36. The topological polar surface area (TPSA) is 53.1 Å². The highest BCUT2D eigenvalue weighted by atomic mass is 35.5. The molecule has 0 bridgehead atoms. The average Bonchev–Trinajstić information content (AvgIpc) is 2.92. The lowest BCUT2D eigenvalue weighted by Gasteiger charge is -2.36. The van der Waals surface area contributed by atoms with E-state index in [0.717, 1.165) is 50.2 Å². The summed E-state index contributed by atoms with van der Waals surface area (Å²) in [7, 11) is 1.66. The van der Waals surface area contributed by atoms with Crippen LogP contribution in [-0.4, -0.2) is 79.4 Å². The lowest BCUT2D eigenvalue weighted by atomic mass is 10.1. The lowest BCUT2D eigenvalue weighted by molar-refractivity contribution is -0.131. The summed E-state index contributed by atoms with van der Waals surface area (Å²) in [6.45, 7) is 6.93. The monoisotopic (exact) mass is 545 g/mol. The zero-order valence-corrected chi connectivity index (χ0v) is 23.3. The van der Waals surface area contributed by atoms with Gasteiger partial charge in [0.15, 0.2) is 0 Å². The Kier molecular flexibility index (Phi) is 11.8. The first-order chi connectivity index (χ1) is 17.9. The predicted molar refractivity (Wildman–Crippen MR) is 152 cm³/mol. The number of amides is 2. The van der Waals surface area contributed by atoms with Gasteiger partial charge in [0.05, 0.1) is 17.2 Å². The van der Waals surface area contributed by atoms with E-state index in [-0.39, 0.29) is 11.8 Å². The molecule has 1 aliphatic heterocycles. The molecule has 1 heterocycles. The molecule has 37 heavy (non-hydrogen) atoms. The Morgan fingerprint density at radius 1 is 1.03 bits per heavy atom. The Morgan fingerprint density at radius 2 is 1.78 bits per heavy atom. The van der Waals surface area contributed by atoms with Gasteiger partial charge in [-0.15, -0.1) is 0 Å². The Hall–Kier alpha value is -2.54. The minimum atomic E-state index is -0.0348. The van der Waals surface area contributed by atoms with Crippen LogP contribution >= 0.6 is 23.2 Å². The van der Waals surface area contributed by atoms with Crippen LogP contribution in [0, 0.1) is 0 Å². The molecule has 2 aromatic carbocycles. The Morgan fingerprint density at radius 3 is 2.49 bits per heavy atom. The second-order valence-corrected chi connectivity index (χ2v) is 10.0. The molecular formula is C29H37Cl2N3O3. The molecule has 0 aromatic heterocycles. The molecular weight excluding hydrogens is 509 g/mol. The van der Waals surface area contributed by atoms with Gasteiger partial charge in [0.2, 0.25) is 5.91 Å². The number of methoxy groups -OCH3 is 1. The van der Waals surface area contributed by atoms with E-state index in [2.05, 4.69) is 11.8 Å². The summed E-state index contributed by atoms with van der Waals surface area (Å²) in [5, 5.41) is 0.823. The minimum Gasteiger partial charge on any atom is -0.496 e. The SMILES string of the molecule is CCCCCC(=O)N(CC=Cc1ccccc1OC)CCN1CCN(C(=O)c2ccc(Cl)c(Cl)c2)CC1. The van der Waals surface area contributed by atoms with Crippen LogP contribution in [-0.2, 0) is 4.79 Å². The number of hydrogen-bond donors (Lipinski definition) is 0. The summed E-state index contributed by atoms with van der Waals surface area (Å²) >= 11 is 12.1. The van der Waals surface area contributed by atoms with Crippen molar-refractivity contribution in [2.24, 2.45) is 0 Å². The number of hydrogen-bond acceptors (Lipinski definition) is 4. The predicted octanol–water partition coefficient (Wildman–Crippen LogP) is 5.88. The first-order valence-corrected chi connectivity index (χ1v) is 13.7.